The first-order valence-corrected chi connectivity index (χ1v) is 8.47. The molecule has 5 heteroatoms. The highest BCUT2D eigenvalue weighted by Gasteiger charge is 2.27. The van der Waals surface area contributed by atoms with Crippen LogP contribution in [0.25, 0.3) is 11.1 Å². The van der Waals surface area contributed by atoms with Crippen LogP contribution in [0.5, 0.6) is 0 Å². The third-order valence-corrected chi connectivity index (χ3v) is 5.41. The van der Waals surface area contributed by atoms with Crippen LogP contribution in [0.2, 0.25) is 0 Å². The van der Waals surface area contributed by atoms with E-state index in [1.165, 1.54) is 17.7 Å². The summed E-state index contributed by atoms with van der Waals surface area (Å²) >= 11 is 7.24. The Hall–Kier alpha value is -1.43. The van der Waals surface area contributed by atoms with Crippen molar-refractivity contribution in [2.75, 3.05) is 6.54 Å². The second kappa shape index (κ2) is 5.40. The Morgan fingerprint density at radius 3 is 3.00 bits per heavy atom. The fourth-order valence-electron chi connectivity index (χ4n) is 3.13. The first-order chi connectivity index (χ1) is 10.3. The monoisotopic (exact) mass is 316 g/mol. The number of aromatic nitrogens is 1. The SMILES string of the molecule is S=c1oc2ccccc2n1CN1CCC[C@@H]1c1cccs1. The maximum atomic E-state index is 5.69. The van der Waals surface area contributed by atoms with Gasteiger partial charge in [0.1, 0.15) is 0 Å². The van der Waals surface area contributed by atoms with E-state index in [9.17, 15) is 0 Å². The molecule has 1 aliphatic rings. The molecule has 1 saturated heterocycles. The molecule has 4 rings (SSSR count). The lowest BCUT2D eigenvalue weighted by atomic mass is 10.2. The molecule has 0 unspecified atom stereocenters. The summed E-state index contributed by atoms with van der Waals surface area (Å²) in [4.78, 5) is 4.52. The molecule has 3 heterocycles. The molecule has 0 saturated carbocycles. The van der Waals surface area contributed by atoms with Crippen molar-refractivity contribution in [3.8, 4) is 0 Å². The quantitative estimate of drug-likeness (QED) is 0.647. The minimum absolute atomic E-state index is 0.514. The van der Waals surface area contributed by atoms with Gasteiger partial charge in [-0.3, -0.25) is 9.47 Å². The highest BCUT2D eigenvalue weighted by Crippen LogP contribution is 2.35. The Bertz CT molecular complexity index is 803. The topological polar surface area (TPSA) is 21.3 Å². The summed E-state index contributed by atoms with van der Waals surface area (Å²) < 4.78 is 7.80. The zero-order chi connectivity index (χ0) is 14.2. The Morgan fingerprint density at radius 2 is 2.14 bits per heavy atom. The standard InChI is InChI=1S/C16H16N2OS2/c20-16-18(12-5-1-2-7-14(12)19-16)11-17-9-3-6-13(17)15-8-4-10-21-15/h1-2,4-5,7-8,10,13H,3,6,9,11H2/t13-/m1/s1. The van der Waals surface area contributed by atoms with Gasteiger partial charge in [-0.15, -0.1) is 11.3 Å². The average molecular weight is 316 g/mol. The van der Waals surface area contributed by atoms with Gasteiger partial charge in [-0.2, -0.15) is 0 Å². The largest absolute Gasteiger partial charge is 0.429 e. The van der Waals surface area contributed by atoms with Gasteiger partial charge < -0.3 is 4.42 Å². The summed E-state index contributed by atoms with van der Waals surface area (Å²) in [6.45, 7) is 1.92. The number of thiophene rings is 1. The predicted octanol–water partition coefficient (Wildman–Crippen LogP) is 4.82. The second-order valence-electron chi connectivity index (χ2n) is 5.39. The van der Waals surface area contributed by atoms with Crippen molar-refractivity contribution in [3.05, 3.63) is 51.5 Å². The van der Waals surface area contributed by atoms with Crippen molar-refractivity contribution in [1.29, 1.82) is 0 Å². The van der Waals surface area contributed by atoms with Crippen LogP contribution in [0.3, 0.4) is 0 Å². The highest BCUT2D eigenvalue weighted by molar-refractivity contribution is 7.71. The maximum absolute atomic E-state index is 5.69. The predicted molar refractivity (Wildman–Crippen MR) is 88.0 cm³/mol. The lowest BCUT2D eigenvalue weighted by molar-refractivity contribution is 0.203. The Kier molecular flexibility index (Phi) is 3.41. The molecule has 3 nitrogen and oxygen atoms in total. The molecule has 0 N–H and O–H groups in total. The lowest BCUT2D eigenvalue weighted by Gasteiger charge is -2.23. The van der Waals surface area contributed by atoms with E-state index in [0.29, 0.717) is 10.9 Å². The van der Waals surface area contributed by atoms with Gasteiger partial charge in [-0.25, -0.2) is 0 Å². The van der Waals surface area contributed by atoms with E-state index < -0.39 is 0 Å². The van der Waals surface area contributed by atoms with E-state index in [1.54, 1.807) is 0 Å². The van der Waals surface area contributed by atoms with E-state index >= 15 is 0 Å². The minimum atomic E-state index is 0.514. The molecule has 0 bridgehead atoms. The number of para-hydroxylation sites is 2. The fourth-order valence-corrected chi connectivity index (χ4v) is 4.27. The molecule has 0 radical (unpaired) electrons. The van der Waals surface area contributed by atoms with Crippen LogP contribution in [-0.2, 0) is 6.67 Å². The van der Waals surface area contributed by atoms with Gasteiger partial charge in [0.05, 0.1) is 12.2 Å². The molecule has 108 valence electrons. The summed E-state index contributed by atoms with van der Waals surface area (Å²) in [6.07, 6.45) is 2.47. The van der Waals surface area contributed by atoms with Gasteiger partial charge in [-0.1, -0.05) is 18.2 Å². The molecule has 21 heavy (non-hydrogen) atoms. The van der Waals surface area contributed by atoms with Gasteiger partial charge in [0.15, 0.2) is 5.58 Å². The van der Waals surface area contributed by atoms with Crippen LogP contribution in [0.4, 0.5) is 0 Å². The molecule has 0 aliphatic carbocycles. The normalized spacial score (nSPS) is 19.5. The number of hydrogen-bond acceptors (Lipinski definition) is 4. The molecule has 1 aromatic carbocycles. The number of rotatable bonds is 3. The first kappa shape index (κ1) is 13.2. The van der Waals surface area contributed by atoms with Crippen LogP contribution in [0, 0.1) is 4.84 Å². The molecule has 1 aliphatic heterocycles. The van der Waals surface area contributed by atoms with Crippen molar-refractivity contribution >= 4 is 34.7 Å². The minimum Gasteiger partial charge on any atom is -0.429 e. The third-order valence-electron chi connectivity index (χ3n) is 4.13. The summed E-state index contributed by atoms with van der Waals surface area (Å²) in [5.74, 6) is 0. The van der Waals surface area contributed by atoms with Crippen LogP contribution in [-0.4, -0.2) is 16.0 Å². The molecule has 0 amide bonds. The summed E-state index contributed by atoms with van der Waals surface area (Å²) in [5, 5.41) is 2.16. The van der Waals surface area contributed by atoms with E-state index in [2.05, 4.69) is 33.0 Å². The van der Waals surface area contributed by atoms with E-state index in [4.69, 9.17) is 16.6 Å². The number of likely N-dealkylation sites (tertiary alicyclic amines) is 1. The molecule has 3 aromatic rings. The maximum Gasteiger partial charge on any atom is 0.270 e. The van der Waals surface area contributed by atoms with E-state index in [-0.39, 0.29) is 0 Å². The van der Waals surface area contributed by atoms with Crippen molar-refractivity contribution in [3.63, 3.8) is 0 Å². The number of fused-ring (bicyclic) bond motifs is 1. The van der Waals surface area contributed by atoms with Crippen LogP contribution in [0.1, 0.15) is 23.8 Å². The Labute approximate surface area is 132 Å². The van der Waals surface area contributed by atoms with Gasteiger partial charge in [0.25, 0.3) is 4.84 Å². The smallest absolute Gasteiger partial charge is 0.270 e. The summed E-state index contributed by atoms with van der Waals surface area (Å²) in [5.41, 5.74) is 1.95. The molecule has 1 atom stereocenters. The van der Waals surface area contributed by atoms with Crippen molar-refractivity contribution in [2.24, 2.45) is 0 Å². The summed E-state index contributed by atoms with van der Waals surface area (Å²) in [6, 6.07) is 12.9. The van der Waals surface area contributed by atoms with Crippen LogP contribution >= 0.6 is 23.6 Å². The van der Waals surface area contributed by atoms with Crippen LogP contribution < -0.4 is 0 Å². The van der Waals surface area contributed by atoms with Gasteiger partial charge in [0, 0.05) is 17.5 Å². The first-order valence-electron chi connectivity index (χ1n) is 7.19. The number of benzene rings is 1. The number of oxazole rings is 1. The van der Waals surface area contributed by atoms with Gasteiger partial charge in [0.2, 0.25) is 0 Å². The number of hydrogen-bond donors (Lipinski definition) is 0. The zero-order valence-corrected chi connectivity index (χ0v) is 13.2. The second-order valence-corrected chi connectivity index (χ2v) is 6.72. The van der Waals surface area contributed by atoms with Crippen LogP contribution in [0.15, 0.2) is 46.2 Å². The van der Waals surface area contributed by atoms with Gasteiger partial charge in [-0.05, 0) is 48.6 Å². The molecule has 1 fully saturated rings. The van der Waals surface area contributed by atoms with E-state index in [1.807, 2.05) is 29.5 Å². The highest BCUT2D eigenvalue weighted by atomic mass is 32.1. The lowest BCUT2D eigenvalue weighted by Crippen LogP contribution is -2.25. The van der Waals surface area contributed by atoms with Crippen molar-refractivity contribution in [1.82, 2.24) is 9.47 Å². The third kappa shape index (κ3) is 2.35. The molecular weight excluding hydrogens is 300 g/mol. The zero-order valence-electron chi connectivity index (χ0n) is 11.6. The average Bonchev–Trinajstić information content (AvgIpc) is 3.20. The molecule has 0 spiro atoms. The Morgan fingerprint density at radius 1 is 1.24 bits per heavy atom. The van der Waals surface area contributed by atoms with E-state index in [0.717, 1.165) is 24.3 Å². The number of nitrogens with zero attached hydrogens (tertiary/aromatic N) is 2. The summed E-state index contributed by atoms with van der Waals surface area (Å²) in [7, 11) is 0. The van der Waals surface area contributed by atoms with Crippen molar-refractivity contribution < 1.29 is 4.42 Å². The molecular formula is C16H16N2OS2. The van der Waals surface area contributed by atoms with Crippen molar-refractivity contribution in [2.45, 2.75) is 25.6 Å². The fraction of sp³-hybridized carbons (Fsp3) is 0.312. The Balaban J connectivity index is 1.68. The molecule has 2 aromatic heterocycles. The van der Waals surface area contributed by atoms with Gasteiger partial charge >= 0.3 is 0 Å².